The molecule has 4 rings (SSSR count). The minimum absolute atomic E-state index is 0.00846. The Morgan fingerprint density at radius 3 is 2.57 bits per heavy atom. The van der Waals surface area contributed by atoms with E-state index in [1.165, 1.54) is 50.5 Å². The van der Waals surface area contributed by atoms with Crippen LogP contribution in [0.5, 0.6) is 5.75 Å². The van der Waals surface area contributed by atoms with E-state index < -0.39 is 45.4 Å². The fraction of sp³-hybridized carbons (Fsp3) is 0.417. The first-order valence-electron chi connectivity index (χ1n) is 10.9. The molecule has 7 nitrogen and oxygen atoms in total. The Morgan fingerprint density at radius 1 is 1.20 bits per heavy atom. The van der Waals surface area contributed by atoms with Crippen LogP contribution in [0.2, 0.25) is 0 Å². The molecule has 0 amide bonds. The van der Waals surface area contributed by atoms with Crippen molar-refractivity contribution in [3.05, 3.63) is 64.1 Å². The number of hydrogen-bond acceptors (Lipinski definition) is 6. The first-order chi connectivity index (χ1) is 16.1. The average Bonchev–Trinajstić information content (AvgIpc) is 3.22. The number of fused-ring (bicyclic) bond motifs is 2. The Balaban J connectivity index is 1.81. The molecule has 35 heavy (non-hydrogen) atoms. The smallest absolute Gasteiger partial charge is 0.418 e. The number of aliphatic hydroxyl groups is 1. The lowest BCUT2D eigenvalue weighted by Crippen LogP contribution is -2.52. The largest absolute Gasteiger partial charge is 0.493 e. The Bertz CT molecular complexity index is 1460. The van der Waals surface area contributed by atoms with Crippen LogP contribution in [0.1, 0.15) is 31.4 Å². The highest BCUT2D eigenvalue weighted by Crippen LogP contribution is 2.47. The van der Waals surface area contributed by atoms with Crippen LogP contribution in [-0.4, -0.2) is 47.7 Å². The summed E-state index contributed by atoms with van der Waals surface area (Å²) in [6.07, 6.45) is -1.81. The van der Waals surface area contributed by atoms with E-state index in [2.05, 4.69) is 4.98 Å². The highest BCUT2D eigenvalue weighted by molar-refractivity contribution is 7.90. The lowest BCUT2D eigenvalue weighted by Gasteiger charge is -2.39. The maximum absolute atomic E-state index is 14.4. The summed E-state index contributed by atoms with van der Waals surface area (Å²) >= 11 is 0. The zero-order chi connectivity index (χ0) is 25.8. The van der Waals surface area contributed by atoms with E-state index in [9.17, 15) is 31.5 Å². The van der Waals surface area contributed by atoms with E-state index in [4.69, 9.17) is 4.74 Å². The minimum atomic E-state index is -5.04. The fourth-order valence-electron chi connectivity index (χ4n) is 4.62. The molecule has 0 aliphatic carbocycles. The summed E-state index contributed by atoms with van der Waals surface area (Å²) < 4.78 is 74.5. The van der Waals surface area contributed by atoms with E-state index in [-0.39, 0.29) is 28.1 Å². The Labute approximate surface area is 200 Å². The van der Waals surface area contributed by atoms with Crippen LogP contribution in [0, 0.1) is 0 Å². The third kappa shape index (κ3) is 4.66. The molecular weight excluding hydrogens is 485 g/mol. The van der Waals surface area contributed by atoms with Gasteiger partial charge in [-0.05, 0) is 41.7 Å². The van der Waals surface area contributed by atoms with Crippen molar-refractivity contribution >= 4 is 20.9 Å². The van der Waals surface area contributed by atoms with Crippen molar-refractivity contribution in [3.8, 4) is 5.75 Å². The second kappa shape index (κ2) is 8.34. The minimum Gasteiger partial charge on any atom is -0.493 e. The van der Waals surface area contributed by atoms with Gasteiger partial charge in [0.1, 0.15) is 11.3 Å². The van der Waals surface area contributed by atoms with Crippen molar-refractivity contribution in [2.75, 3.05) is 12.9 Å². The van der Waals surface area contributed by atoms with E-state index in [1.807, 2.05) is 0 Å². The molecule has 2 aromatic heterocycles. The SMILES string of the molecule is CC(C)(CC(O)(Cn1ccc(=O)c2ncccc21)C(F)(F)F)c1cc(S(C)(=O)=O)cc2c1OCC2. The summed E-state index contributed by atoms with van der Waals surface area (Å²) in [6.45, 7) is 2.42. The fourth-order valence-corrected chi connectivity index (χ4v) is 5.31. The van der Waals surface area contributed by atoms with Crippen LogP contribution >= 0.6 is 0 Å². The van der Waals surface area contributed by atoms with E-state index in [0.29, 0.717) is 17.7 Å². The molecule has 0 bridgehead atoms. The molecule has 1 aliphatic heterocycles. The van der Waals surface area contributed by atoms with Crippen molar-refractivity contribution in [2.24, 2.45) is 0 Å². The molecular formula is C24H25F3N2O5S. The number of halogens is 3. The molecule has 188 valence electrons. The maximum atomic E-state index is 14.4. The molecule has 3 aromatic rings. The first-order valence-corrected chi connectivity index (χ1v) is 12.8. The Hall–Kier alpha value is -2.92. The van der Waals surface area contributed by atoms with Gasteiger partial charge in [0.05, 0.1) is 23.6 Å². The number of pyridine rings is 2. The van der Waals surface area contributed by atoms with Gasteiger partial charge in [0.15, 0.2) is 15.4 Å². The summed E-state index contributed by atoms with van der Waals surface area (Å²) in [7, 11) is -3.64. The summed E-state index contributed by atoms with van der Waals surface area (Å²) in [5.41, 5.74) is -3.98. The monoisotopic (exact) mass is 510 g/mol. The summed E-state index contributed by atoms with van der Waals surface area (Å²) in [4.78, 5) is 16.0. The van der Waals surface area contributed by atoms with Crippen molar-refractivity contribution in [2.45, 2.75) is 55.3 Å². The quantitative estimate of drug-likeness (QED) is 0.546. The number of rotatable bonds is 6. The topological polar surface area (TPSA) is 98.5 Å². The van der Waals surface area contributed by atoms with Crippen LogP contribution in [0.3, 0.4) is 0 Å². The summed E-state index contributed by atoms with van der Waals surface area (Å²) in [6, 6.07) is 6.86. The van der Waals surface area contributed by atoms with Gasteiger partial charge in [0.25, 0.3) is 0 Å². The van der Waals surface area contributed by atoms with Crippen molar-refractivity contribution < 1.29 is 31.4 Å². The standard InChI is InChI=1S/C24H25F3N2O5S/c1-22(2,17-12-16(35(3,32)33)11-15-7-10-34-21(15)17)13-23(31,24(25,26)27)14-29-9-6-19(30)20-18(29)5-4-8-28-20/h4-6,8-9,11-12,31H,7,10,13-14H2,1-3H3. The Morgan fingerprint density at radius 2 is 1.91 bits per heavy atom. The number of sulfone groups is 1. The van der Waals surface area contributed by atoms with Crippen LogP contribution < -0.4 is 10.2 Å². The second-order valence-electron chi connectivity index (χ2n) is 9.60. The molecule has 11 heteroatoms. The third-order valence-electron chi connectivity index (χ3n) is 6.34. The molecule has 0 fully saturated rings. The van der Waals surface area contributed by atoms with Crippen molar-refractivity contribution in [3.63, 3.8) is 0 Å². The highest BCUT2D eigenvalue weighted by atomic mass is 32.2. The first kappa shape index (κ1) is 25.2. The number of ether oxygens (including phenoxy) is 1. The van der Waals surface area contributed by atoms with Gasteiger partial charge in [-0.3, -0.25) is 9.78 Å². The van der Waals surface area contributed by atoms with E-state index >= 15 is 0 Å². The van der Waals surface area contributed by atoms with E-state index in [1.54, 1.807) is 0 Å². The molecule has 0 saturated heterocycles. The molecule has 0 radical (unpaired) electrons. The van der Waals surface area contributed by atoms with Gasteiger partial charge >= 0.3 is 6.18 Å². The molecule has 1 unspecified atom stereocenters. The third-order valence-corrected chi connectivity index (χ3v) is 7.44. The van der Waals surface area contributed by atoms with Gasteiger partial charge in [-0.15, -0.1) is 0 Å². The van der Waals surface area contributed by atoms with Crippen LogP contribution in [0.4, 0.5) is 13.2 Å². The average molecular weight is 511 g/mol. The zero-order valence-corrected chi connectivity index (χ0v) is 20.2. The lowest BCUT2D eigenvalue weighted by molar-refractivity contribution is -0.271. The molecule has 3 heterocycles. The van der Waals surface area contributed by atoms with Gasteiger partial charge in [-0.1, -0.05) is 13.8 Å². The molecule has 1 atom stereocenters. The Kier molecular flexibility index (Phi) is 6.00. The molecule has 0 saturated carbocycles. The number of hydrogen-bond donors (Lipinski definition) is 1. The number of alkyl halides is 3. The molecule has 1 N–H and O–H groups in total. The second-order valence-corrected chi connectivity index (χ2v) is 11.6. The number of aromatic nitrogens is 2. The maximum Gasteiger partial charge on any atom is 0.418 e. The number of benzene rings is 1. The molecule has 1 aliphatic rings. The van der Waals surface area contributed by atoms with Crippen LogP contribution in [0.25, 0.3) is 11.0 Å². The van der Waals surface area contributed by atoms with Gasteiger partial charge in [0, 0.05) is 36.7 Å². The normalized spacial score (nSPS) is 16.1. The van der Waals surface area contributed by atoms with Gasteiger partial charge in [-0.2, -0.15) is 13.2 Å². The molecule has 1 aromatic carbocycles. The van der Waals surface area contributed by atoms with Crippen molar-refractivity contribution in [1.29, 1.82) is 0 Å². The van der Waals surface area contributed by atoms with Gasteiger partial charge < -0.3 is 14.4 Å². The van der Waals surface area contributed by atoms with Crippen LogP contribution in [-0.2, 0) is 28.2 Å². The van der Waals surface area contributed by atoms with Gasteiger partial charge in [-0.25, -0.2) is 8.42 Å². The predicted molar refractivity (Wildman–Crippen MR) is 123 cm³/mol. The lowest BCUT2D eigenvalue weighted by atomic mass is 9.74. The van der Waals surface area contributed by atoms with Gasteiger partial charge in [0.2, 0.25) is 5.43 Å². The highest BCUT2D eigenvalue weighted by Gasteiger charge is 2.56. The predicted octanol–water partition coefficient (Wildman–Crippen LogP) is 3.40. The molecule has 0 spiro atoms. The number of nitrogens with zero attached hydrogens (tertiary/aromatic N) is 2. The summed E-state index contributed by atoms with van der Waals surface area (Å²) in [5.74, 6) is 0.352. The summed E-state index contributed by atoms with van der Waals surface area (Å²) in [5, 5.41) is 11.1. The van der Waals surface area contributed by atoms with Crippen LogP contribution in [0.15, 0.2) is 52.4 Å². The van der Waals surface area contributed by atoms with E-state index in [0.717, 1.165) is 16.9 Å². The van der Waals surface area contributed by atoms with Crippen molar-refractivity contribution in [1.82, 2.24) is 9.55 Å². The zero-order valence-electron chi connectivity index (χ0n) is 19.4.